The van der Waals surface area contributed by atoms with Crippen LogP contribution in [0.5, 0.6) is 0 Å². The van der Waals surface area contributed by atoms with Crippen molar-refractivity contribution in [3.8, 4) is 0 Å². The van der Waals surface area contributed by atoms with Crippen molar-refractivity contribution in [1.29, 1.82) is 0 Å². The van der Waals surface area contributed by atoms with Crippen molar-refractivity contribution in [3.63, 3.8) is 0 Å². The third kappa shape index (κ3) is 3.73. The van der Waals surface area contributed by atoms with Gasteiger partial charge in [0.1, 0.15) is 0 Å². The van der Waals surface area contributed by atoms with Crippen LogP contribution in [0, 0.1) is 0 Å². The highest BCUT2D eigenvalue weighted by Gasteiger charge is 2.38. The van der Waals surface area contributed by atoms with Crippen LogP contribution in [0.4, 0.5) is 26.3 Å². The third-order valence-corrected chi connectivity index (χ3v) is 2.51. The summed E-state index contributed by atoms with van der Waals surface area (Å²) in [6, 6.07) is 0.391. The molecule has 7 heteroatoms. The minimum atomic E-state index is -4.89. The molecule has 2 N–H and O–H groups in total. The van der Waals surface area contributed by atoms with Gasteiger partial charge in [-0.1, -0.05) is 12.1 Å². The molecule has 0 aliphatic heterocycles. The largest absolute Gasteiger partial charge is 0.416 e. The summed E-state index contributed by atoms with van der Waals surface area (Å²) in [4.78, 5) is 0. The van der Waals surface area contributed by atoms with E-state index in [1.807, 2.05) is 0 Å². The Labute approximate surface area is 105 Å². The molecule has 19 heavy (non-hydrogen) atoms. The number of nitrogens with two attached hydrogens (primary N) is 1. The van der Waals surface area contributed by atoms with Crippen LogP contribution in [0.15, 0.2) is 30.9 Å². The summed E-state index contributed by atoms with van der Waals surface area (Å²) >= 11 is 0. The highest BCUT2D eigenvalue weighted by atomic mass is 19.4. The van der Waals surface area contributed by atoms with E-state index in [2.05, 4.69) is 6.58 Å². The molecule has 1 atom stereocenters. The molecule has 0 radical (unpaired) electrons. The monoisotopic (exact) mass is 283 g/mol. The summed E-state index contributed by atoms with van der Waals surface area (Å²) in [5.41, 5.74) is 2.42. The second kappa shape index (κ2) is 5.24. The first-order valence-electron chi connectivity index (χ1n) is 5.22. The van der Waals surface area contributed by atoms with Gasteiger partial charge in [-0.15, -0.1) is 6.58 Å². The van der Waals surface area contributed by atoms with Gasteiger partial charge in [-0.2, -0.15) is 26.3 Å². The molecule has 1 aromatic carbocycles. The van der Waals surface area contributed by atoms with Crippen LogP contribution >= 0.6 is 0 Å². The Kier molecular flexibility index (Phi) is 4.29. The molecule has 0 bridgehead atoms. The summed E-state index contributed by atoms with van der Waals surface area (Å²) in [6.45, 7) is 3.33. The second-order valence-electron chi connectivity index (χ2n) is 3.93. The van der Waals surface area contributed by atoms with Crippen molar-refractivity contribution >= 4 is 0 Å². The normalized spacial score (nSPS) is 14.3. The Morgan fingerprint density at radius 3 is 2.11 bits per heavy atom. The quantitative estimate of drug-likeness (QED) is 0.649. The highest BCUT2D eigenvalue weighted by molar-refractivity contribution is 5.37. The SMILES string of the molecule is C=CC[C@@H](N)c1ccc(C(F)(F)F)cc1C(F)(F)F. The summed E-state index contributed by atoms with van der Waals surface area (Å²) < 4.78 is 75.6. The van der Waals surface area contributed by atoms with Crippen LogP contribution in [0.25, 0.3) is 0 Å². The fourth-order valence-electron chi connectivity index (χ4n) is 1.61. The summed E-state index contributed by atoms with van der Waals surface area (Å²) in [5, 5.41) is 0. The van der Waals surface area contributed by atoms with E-state index < -0.39 is 29.5 Å². The highest BCUT2D eigenvalue weighted by Crippen LogP contribution is 2.39. The molecule has 0 saturated heterocycles. The van der Waals surface area contributed by atoms with E-state index in [-0.39, 0.29) is 18.1 Å². The predicted octanol–water partition coefficient (Wildman–Crippen LogP) is 4.30. The Hall–Kier alpha value is -1.50. The first-order valence-corrected chi connectivity index (χ1v) is 5.22. The van der Waals surface area contributed by atoms with E-state index in [4.69, 9.17) is 5.73 Å². The lowest BCUT2D eigenvalue weighted by Gasteiger charge is -2.19. The van der Waals surface area contributed by atoms with E-state index in [0.29, 0.717) is 6.07 Å². The van der Waals surface area contributed by atoms with Gasteiger partial charge in [0.2, 0.25) is 0 Å². The molecule has 0 saturated carbocycles. The first-order chi connectivity index (χ1) is 8.57. The Balaban J connectivity index is 3.37. The standard InChI is InChI=1S/C12H11F6N/c1-2-3-10(19)8-5-4-7(11(13,14)15)6-9(8)12(16,17)18/h2,4-6,10H,1,3,19H2/t10-/m1/s1. The van der Waals surface area contributed by atoms with E-state index in [1.165, 1.54) is 6.08 Å². The van der Waals surface area contributed by atoms with Gasteiger partial charge in [0.15, 0.2) is 0 Å². The van der Waals surface area contributed by atoms with Crippen molar-refractivity contribution in [1.82, 2.24) is 0 Å². The van der Waals surface area contributed by atoms with Crippen molar-refractivity contribution in [3.05, 3.63) is 47.5 Å². The first kappa shape index (κ1) is 15.6. The molecule has 0 heterocycles. The van der Waals surface area contributed by atoms with E-state index >= 15 is 0 Å². The Morgan fingerprint density at radius 1 is 1.11 bits per heavy atom. The molecule has 0 aromatic heterocycles. The lowest BCUT2D eigenvalue weighted by atomic mass is 9.96. The molecule has 0 amide bonds. The lowest BCUT2D eigenvalue weighted by molar-refractivity contribution is -0.143. The van der Waals surface area contributed by atoms with Crippen LogP contribution in [0.1, 0.15) is 29.2 Å². The van der Waals surface area contributed by atoms with Gasteiger partial charge >= 0.3 is 12.4 Å². The molecule has 0 unspecified atom stereocenters. The number of benzene rings is 1. The second-order valence-corrected chi connectivity index (χ2v) is 3.93. The fraction of sp³-hybridized carbons (Fsp3) is 0.333. The van der Waals surface area contributed by atoms with E-state index in [1.54, 1.807) is 0 Å². The lowest BCUT2D eigenvalue weighted by Crippen LogP contribution is -2.19. The molecule has 0 spiro atoms. The van der Waals surface area contributed by atoms with Crippen molar-refractivity contribution < 1.29 is 26.3 Å². The Morgan fingerprint density at radius 2 is 1.68 bits per heavy atom. The average molecular weight is 283 g/mol. The maximum atomic E-state index is 12.8. The van der Waals surface area contributed by atoms with Crippen molar-refractivity contribution in [2.24, 2.45) is 5.73 Å². The van der Waals surface area contributed by atoms with Crippen LogP contribution in [0.3, 0.4) is 0 Å². The zero-order valence-corrected chi connectivity index (χ0v) is 9.65. The molecule has 1 rings (SSSR count). The zero-order valence-electron chi connectivity index (χ0n) is 9.65. The summed E-state index contributed by atoms with van der Waals surface area (Å²) in [5.74, 6) is 0. The van der Waals surface area contributed by atoms with Gasteiger partial charge in [0, 0.05) is 6.04 Å². The van der Waals surface area contributed by atoms with Crippen LogP contribution < -0.4 is 5.73 Å². The fourth-order valence-corrected chi connectivity index (χ4v) is 1.61. The number of hydrogen-bond acceptors (Lipinski definition) is 1. The topological polar surface area (TPSA) is 26.0 Å². The van der Waals surface area contributed by atoms with Gasteiger partial charge in [0.05, 0.1) is 11.1 Å². The molecule has 0 aliphatic rings. The molecule has 1 aromatic rings. The number of hydrogen-bond donors (Lipinski definition) is 1. The summed E-state index contributed by atoms with van der Waals surface area (Å²) in [6.07, 6.45) is -8.38. The van der Waals surface area contributed by atoms with Crippen LogP contribution in [-0.4, -0.2) is 0 Å². The number of rotatable bonds is 3. The van der Waals surface area contributed by atoms with Gasteiger partial charge < -0.3 is 5.73 Å². The Bertz CT molecular complexity index is 460. The minimum absolute atomic E-state index is 0.0362. The molecular weight excluding hydrogens is 272 g/mol. The minimum Gasteiger partial charge on any atom is -0.324 e. The predicted molar refractivity (Wildman–Crippen MR) is 58.2 cm³/mol. The van der Waals surface area contributed by atoms with Crippen LogP contribution in [-0.2, 0) is 12.4 Å². The van der Waals surface area contributed by atoms with Crippen molar-refractivity contribution in [2.75, 3.05) is 0 Å². The molecule has 0 fully saturated rings. The van der Waals surface area contributed by atoms with E-state index in [9.17, 15) is 26.3 Å². The van der Waals surface area contributed by atoms with Gasteiger partial charge in [-0.05, 0) is 24.1 Å². The average Bonchev–Trinajstić information content (AvgIpc) is 2.26. The molecule has 106 valence electrons. The number of alkyl halides is 6. The number of halogens is 6. The van der Waals surface area contributed by atoms with Gasteiger partial charge in [-0.25, -0.2) is 0 Å². The molecular formula is C12H11F6N. The molecule has 0 aliphatic carbocycles. The maximum Gasteiger partial charge on any atom is 0.416 e. The van der Waals surface area contributed by atoms with Gasteiger partial charge in [0.25, 0.3) is 0 Å². The van der Waals surface area contributed by atoms with Gasteiger partial charge in [-0.3, -0.25) is 0 Å². The maximum absolute atomic E-state index is 12.8. The van der Waals surface area contributed by atoms with E-state index in [0.717, 1.165) is 6.07 Å². The van der Waals surface area contributed by atoms with Crippen LogP contribution in [0.2, 0.25) is 0 Å². The smallest absolute Gasteiger partial charge is 0.324 e. The summed E-state index contributed by atoms with van der Waals surface area (Å²) in [7, 11) is 0. The third-order valence-electron chi connectivity index (χ3n) is 2.51. The van der Waals surface area contributed by atoms with Crippen molar-refractivity contribution in [2.45, 2.75) is 24.8 Å². The zero-order chi connectivity index (χ0) is 14.8. The molecule has 1 nitrogen and oxygen atoms in total.